The summed E-state index contributed by atoms with van der Waals surface area (Å²) in [6, 6.07) is 2.81. The van der Waals surface area contributed by atoms with Crippen molar-refractivity contribution < 1.29 is 27.5 Å². The molecule has 4 atom stereocenters. The second-order valence-electron chi connectivity index (χ2n) is 10.1. The summed E-state index contributed by atoms with van der Waals surface area (Å²) in [7, 11) is 0. The molecule has 2 amide bonds. The number of carbonyl (C=O) groups excluding carboxylic acids is 2. The van der Waals surface area contributed by atoms with E-state index in [2.05, 4.69) is 20.2 Å². The van der Waals surface area contributed by atoms with E-state index in [9.17, 15) is 22.8 Å². The van der Waals surface area contributed by atoms with Gasteiger partial charge in [-0.25, -0.2) is 9.97 Å². The van der Waals surface area contributed by atoms with Crippen molar-refractivity contribution in [2.75, 3.05) is 4.90 Å². The zero-order valence-electron chi connectivity index (χ0n) is 21.0. The standard InChI is InChI=1S/C25H28Cl2F3N5O3/c1-13(25(28,29)30)33-21(36)14-4-7-20(31-11-14)35-17-5-6-18(35)10-16(9-17)34-23(37)24(2,3)38-22-19(27)8-15(26)12-32-22/h4,7-8,11-13,16-18H,5-6,9-10H2,1-3H3,(H,33,36)(H,34,37)/t13-,16-,17+,18-/m0/s1. The number of halogens is 5. The van der Waals surface area contributed by atoms with E-state index in [1.54, 1.807) is 19.9 Å². The molecule has 2 aliphatic heterocycles. The molecule has 0 radical (unpaired) electrons. The van der Waals surface area contributed by atoms with Crippen molar-refractivity contribution in [2.24, 2.45) is 0 Å². The number of hydrogen-bond donors (Lipinski definition) is 2. The van der Waals surface area contributed by atoms with Gasteiger partial charge in [0.1, 0.15) is 16.9 Å². The predicted molar refractivity (Wildman–Crippen MR) is 137 cm³/mol. The summed E-state index contributed by atoms with van der Waals surface area (Å²) in [5.41, 5.74) is -1.18. The van der Waals surface area contributed by atoms with Gasteiger partial charge >= 0.3 is 6.18 Å². The van der Waals surface area contributed by atoms with Crippen molar-refractivity contribution in [1.29, 1.82) is 0 Å². The molecule has 2 fully saturated rings. The van der Waals surface area contributed by atoms with E-state index < -0.39 is 23.7 Å². The quantitative estimate of drug-likeness (QED) is 0.487. The molecule has 2 saturated heterocycles. The van der Waals surface area contributed by atoms with Crippen molar-refractivity contribution in [2.45, 2.75) is 82.4 Å². The summed E-state index contributed by atoms with van der Waals surface area (Å²) in [5.74, 6) is -0.375. The minimum Gasteiger partial charge on any atom is -0.460 e. The van der Waals surface area contributed by atoms with Crippen LogP contribution in [0.4, 0.5) is 19.0 Å². The Kier molecular flexibility index (Phi) is 7.99. The summed E-state index contributed by atoms with van der Waals surface area (Å²) in [6.07, 6.45) is 1.35. The Morgan fingerprint density at radius 1 is 1.11 bits per heavy atom. The molecule has 2 N–H and O–H groups in total. The topological polar surface area (TPSA) is 96.5 Å². The molecule has 206 valence electrons. The zero-order valence-corrected chi connectivity index (χ0v) is 22.5. The van der Waals surface area contributed by atoms with Crippen LogP contribution in [0.3, 0.4) is 0 Å². The number of rotatable bonds is 7. The minimum atomic E-state index is -4.52. The van der Waals surface area contributed by atoms with Crippen LogP contribution in [0.5, 0.6) is 5.88 Å². The highest BCUT2D eigenvalue weighted by Gasteiger charge is 2.43. The van der Waals surface area contributed by atoms with E-state index in [0.717, 1.165) is 19.8 Å². The number of alkyl halides is 3. The van der Waals surface area contributed by atoms with Gasteiger partial charge in [-0.2, -0.15) is 13.2 Å². The maximum absolute atomic E-state index is 13.1. The molecular weight excluding hydrogens is 546 g/mol. The van der Waals surface area contributed by atoms with E-state index in [4.69, 9.17) is 27.9 Å². The monoisotopic (exact) mass is 573 g/mol. The van der Waals surface area contributed by atoms with Gasteiger partial charge in [0.15, 0.2) is 5.60 Å². The van der Waals surface area contributed by atoms with E-state index in [-0.39, 0.29) is 40.5 Å². The Labute approximate surface area is 228 Å². The average Bonchev–Trinajstić information content (AvgIpc) is 3.10. The predicted octanol–water partition coefficient (Wildman–Crippen LogP) is 4.94. The van der Waals surface area contributed by atoms with Crippen LogP contribution in [-0.4, -0.2) is 57.7 Å². The highest BCUT2D eigenvalue weighted by atomic mass is 35.5. The van der Waals surface area contributed by atoms with Crippen LogP contribution in [0.25, 0.3) is 0 Å². The number of carbonyl (C=O) groups is 2. The van der Waals surface area contributed by atoms with Crippen LogP contribution in [0.15, 0.2) is 30.6 Å². The SMILES string of the molecule is C[C@H](NC(=O)c1ccc(N2[C@@H]3CC[C@H]2C[C@@H](NC(=O)C(C)(C)Oc2ncc(Cl)cc2Cl)C3)nc1)C(F)(F)F. The normalized spacial score (nSPS) is 22.1. The third kappa shape index (κ3) is 6.26. The fraction of sp³-hybridized carbons (Fsp3) is 0.520. The number of amides is 2. The number of anilines is 1. The summed E-state index contributed by atoms with van der Waals surface area (Å²) < 4.78 is 44.0. The smallest absolute Gasteiger partial charge is 0.408 e. The summed E-state index contributed by atoms with van der Waals surface area (Å²) in [6.45, 7) is 4.16. The molecule has 4 rings (SSSR count). The lowest BCUT2D eigenvalue weighted by molar-refractivity contribution is -0.149. The van der Waals surface area contributed by atoms with Gasteiger partial charge in [0.2, 0.25) is 5.88 Å². The molecule has 0 aliphatic carbocycles. The number of nitrogens with one attached hydrogen (secondary N) is 2. The van der Waals surface area contributed by atoms with Crippen molar-refractivity contribution in [3.05, 3.63) is 46.2 Å². The molecule has 0 unspecified atom stereocenters. The number of fused-ring (bicyclic) bond motifs is 2. The Hall–Kier alpha value is -2.79. The van der Waals surface area contributed by atoms with Crippen molar-refractivity contribution in [3.8, 4) is 5.88 Å². The minimum absolute atomic E-state index is 0.0526. The maximum Gasteiger partial charge on any atom is 0.408 e. The van der Waals surface area contributed by atoms with Gasteiger partial charge in [0.25, 0.3) is 11.8 Å². The van der Waals surface area contributed by atoms with Crippen molar-refractivity contribution in [1.82, 2.24) is 20.6 Å². The van der Waals surface area contributed by atoms with E-state index in [0.29, 0.717) is 23.7 Å². The molecule has 8 nitrogen and oxygen atoms in total. The van der Waals surface area contributed by atoms with Crippen LogP contribution >= 0.6 is 23.2 Å². The molecule has 38 heavy (non-hydrogen) atoms. The summed E-state index contributed by atoms with van der Waals surface area (Å²) in [4.78, 5) is 35.8. The Bertz CT molecular complexity index is 1180. The molecule has 2 aromatic heterocycles. The van der Waals surface area contributed by atoms with Crippen LogP contribution in [0, 0.1) is 0 Å². The van der Waals surface area contributed by atoms with Crippen molar-refractivity contribution >= 4 is 40.8 Å². The van der Waals surface area contributed by atoms with Gasteiger partial charge in [0, 0.05) is 30.5 Å². The number of aromatic nitrogens is 2. The van der Waals surface area contributed by atoms with Crippen LogP contribution in [-0.2, 0) is 4.79 Å². The molecule has 2 aliphatic rings. The van der Waals surface area contributed by atoms with Crippen molar-refractivity contribution in [3.63, 3.8) is 0 Å². The molecule has 0 aromatic carbocycles. The Morgan fingerprint density at radius 3 is 2.32 bits per heavy atom. The number of ether oxygens (including phenoxy) is 1. The van der Waals surface area contributed by atoms with E-state index in [1.807, 2.05) is 5.32 Å². The van der Waals surface area contributed by atoms with Crippen LogP contribution in [0.1, 0.15) is 56.8 Å². The number of piperidine rings is 1. The van der Waals surface area contributed by atoms with E-state index >= 15 is 0 Å². The maximum atomic E-state index is 13.1. The van der Waals surface area contributed by atoms with Gasteiger partial charge in [-0.1, -0.05) is 23.2 Å². The zero-order chi connectivity index (χ0) is 27.8. The van der Waals surface area contributed by atoms with E-state index in [1.165, 1.54) is 24.5 Å². The molecule has 0 saturated carbocycles. The Balaban J connectivity index is 1.36. The lowest BCUT2D eigenvalue weighted by Crippen LogP contribution is -2.55. The van der Waals surface area contributed by atoms with Gasteiger partial charge < -0.3 is 20.3 Å². The lowest BCUT2D eigenvalue weighted by atomic mass is 9.96. The first kappa shape index (κ1) is 28.2. The van der Waals surface area contributed by atoms with Gasteiger partial charge in [0.05, 0.1) is 10.6 Å². The molecule has 4 heterocycles. The summed E-state index contributed by atoms with van der Waals surface area (Å²) >= 11 is 12.0. The second kappa shape index (κ2) is 10.8. The fourth-order valence-corrected chi connectivity index (χ4v) is 5.25. The third-order valence-electron chi connectivity index (χ3n) is 6.85. The van der Waals surface area contributed by atoms with Crippen LogP contribution in [0.2, 0.25) is 10.0 Å². The average molecular weight is 574 g/mol. The number of nitrogens with zero attached hydrogens (tertiary/aromatic N) is 3. The molecule has 13 heteroatoms. The van der Waals surface area contributed by atoms with Gasteiger partial charge in [-0.3, -0.25) is 9.59 Å². The molecule has 0 spiro atoms. The van der Waals surface area contributed by atoms with Gasteiger partial charge in [-0.05, 0) is 64.7 Å². The van der Waals surface area contributed by atoms with Gasteiger partial charge in [-0.15, -0.1) is 0 Å². The molecule has 2 bridgehead atoms. The highest BCUT2D eigenvalue weighted by molar-refractivity contribution is 6.35. The second-order valence-corrected chi connectivity index (χ2v) is 11.0. The van der Waals surface area contributed by atoms with Crippen LogP contribution < -0.4 is 20.3 Å². The summed E-state index contributed by atoms with van der Waals surface area (Å²) in [5, 5.41) is 5.58. The highest BCUT2D eigenvalue weighted by Crippen LogP contribution is 2.39. The first-order valence-electron chi connectivity index (χ1n) is 12.2. The molecular formula is C25H28Cl2F3N5O3. The first-order valence-corrected chi connectivity index (χ1v) is 12.9. The lowest BCUT2D eigenvalue weighted by Gasteiger charge is -2.40. The third-order valence-corrected chi connectivity index (χ3v) is 7.33. The number of pyridine rings is 2. The molecule has 2 aromatic rings. The fourth-order valence-electron chi connectivity index (χ4n) is 4.83. The Morgan fingerprint density at radius 2 is 1.76 bits per heavy atom. The largest absolute Gasteiger partial charge is 0.460 e. The first-order chi connectivity index (χ1) is 17.7. The number of hydrogen-bond acceptors (Lipinski definition) is 6.